The van der Waals surface area contributed by atoms with Gasteiger partial charge in [-0.3, -0.25) is 9.80 Å². The van der Waals surface area contributed by atoms with Crippen LogP contribution in [0.1, 0.15) is 33.1 Å². The van der Waals surface area contributed by atoms with E-state index in [4.69, 9.17) is 0 Å². The first-order valence-corrected chi connectivity index (χ1v) is 8.70. The number of piperidine rings is 1. The average molecular weight is 315 g/mol. The summed E-state index contributed by atoms with van der Waals surface area (Å²) < 4.78 is 0. The van der Waals surface area contributed by atoms with Crippen molar-refractivity contribution >= 4 is 23.8 Å². The Morgan fingerprint density at radius 2 is 2.00 bits per heavy atom. The highest BCUT2D eigenvalue weighted by atomic mass is 32.2. The van der Waals surface area contributed by atoms with Crippen molar-refractivity contribution in [3.05, 3.63) is 0 Å². The van der Waals surface area contributed by atoms with Crippen molar-refractivity contribution in [3.8, 4) is 0 Å². The number of amides is 2. The largest absolute Gasteiger partial charge is 0.480 e. The van der Waals surface area contributed by atoms with E-state index in [1.807, 2.05) is 6.92 Å². The third-order valence-electron chi connectivity index (χ3n) is 4.31. The van der Waals surface area contributed by atoms with Crippen LogP contribution >= 0.6 is 11.8 Å². The summed E-state index contributed by atoms with van der Waals surface area (Å²) in [4.78, 5) is 27.3. The highest BCUT2D eigenvalue weighted by Crippen LogP contribution is 2.28. The van der Waals surface area contributed by atoms with Gasteiger partial charge in [-0.1, -0.05) is 6.42 Å². The van der Waals surface area contributed by atoms with Crippen molar-refractivity contribution < 1.29 is 14.7 Å². The molecule has 0 aromatic heterocycles. The SMILES string of the molecule is CC(CNC(=O)N1C(C)SCC1C(=O)O)N1CCCCC1. The number of urea groups is 1. The van der Waals surface area contributed by atoms with E-state index in [0.29, 0.717) is 18.3 Å². The van der Waals surface area contributed by atoms with Gasteiger partial charge in [0, 0.05) is 18.3 Å². The standard InChI is InChI=1S/C14H25N3O3S/c1-10(16-6-4-3-5-7-16)8-15-14(20)17-11(2)21-9-12(17)13(18)19/h10-12H,3-9H2,1-2H3,(H,15,20)(H,18,19). The molecule has 0 aromatic rings. The molecule has 2 saturated heterocycles. The molecule has 7 heteroatoms. The first-order valence-electron chi connectivity index (χ1n) is 7.65. The second-order valence-corrected chi connectivity index (χ2v) is 7.17. The molecule has 120 valence electrons. The summed E-state index contributed by atoms with van der Waals surface area (Å²) in [7, 11) is 0. The molecule has 2 N–H and O–H groups in total. The van der Waals surface area contributed by atoms with E-state index in [1.165, 1.54) is 35.9 Å². The van der Waals surface area contributed by atoms with Gasteiger partial charge in [0.15, 0.2) is 0 Å². The number of carboxylic acid groups (broad SMARTS) is 1. The van der Waals surface area contributed by atoms with Crippen LogP contribution in [0.4, 0.5) is 4.79 Å². The zero-order chi connectivity index (χ0) is 15.4. The van der Waals surface area contributed by atoms with Gasteiger partial charge in [0.1, 0.15) is 6.04 Å². The molecule has 2 rings (SSSR count). The minimum atomic E-state index is -0.925. The Morgan fingerprint density at radius 3 is 2.62 bits per heavy atom. The number of likely N-dealkylation sites (tertiary alicyclic amines) is 1. The van der Waals surface area contributed by atoms with Crippen LogP contribution in [0.3, 0.4) is 0 Å². The summed E-state index contributed by atoms with van der Waals surface area (Å²) in [5, 5.41) is 12.0. The van der Waals surface area contributed by atoms with Gasteiger partial charge < -0.3 is 10.4 Å². The Morgan fingerprint density at radius 1 is 1.33 bits per heavy atom. The number of carboxylic acids is 1. The lowest BCUT2D eigenvalue weighted by atomic mass is 10.1. The highest BCUT2D eigenvalue weighted by molar-refractivity contribution is 8.00. The highest BCUT2D eigenvalue weighted by Gasteiger charge is 2.39. The molecule has 21 heavy (non-hydrogen) atoms. The van der Waals surface area contributed by atoms with Gasteiger partial charge in [0.2, 0.25) is 0 Å². The zero-order valence-corrected chi connectivity index (χ0v) is 13.6. The number of carbonyl (C=O) groups excluding carboxylic acids is 1. The van der Waals surface area contributed by atoms with Gasteiger partial charge in [-0.15, -0.1) is 11.8 Å². The topological polar surface area (TPSA) is 72.9 Å². The van der Waals surface area contributed by atoms with E-state index in [2.05, 4.69) is 17.1 Å². The van der Waals surface area contributed by atoms with Crippen molar-refractivity contribution in [2.45, 2.75) is 50.6 Å². The predicted octanol–water partition coefficient (Wildman–Crippen LogP) is 1.42. The molecule has 2 aliphatic rings. The first kappa shape index (κ1) is 16.4. The smallest absolute Gasteiger partial charge is 0.327 e. The van der Waals surface area contributed by atoms with Crippen molar-refractivity contribution in [2.75, 3.05) is 25.4 Å². The van der Waals surface area contributed by atoms with Crippen molar-refractivity contribution in [3.63, 3.8) is 0 Å². The number of nitrogens with one attached hydrogen (secondary N) is 1. The minimum Gasteiger partial charge on any atom is -0.480 e. The van der Waals surface area contributed by atoms with E-state index in [0.717, 1.165) is 13.1 Å². The van der Waals surface area contributed by atoms with Crippen LogP contribution in [-0.2, 0) is 4.79 Å². The summed E-state index contributed by atoms with van der Waals surface area (Å²) >= 11 is 1.51. The van der Waals surface area contributed by atoms with E-state index in [9.17, 15) is 14.7 Å². The number of thioether (sulfide) groups is 1. The van der Waals surface area contributed by atoms with Crippen LogP contribution in [0.25, 0.3) is 0 Å². The van der Waals surface area contributed by atoms with Crippen LogP contribution in [0.2, 0.25) is 0 Å². The molecule has 0 radical (unpaired) electrons. The second-order valence-electron chi connectivity index (χ2n) is 5.83. The molecular weight excluding hydrogens is 290 g/mol. The summed E-state index contributed by atoms with van der Waals surface area (Å²) in [6.07, 6.45) is 3.73. The Kier molecular flexibility index (Phi) is 5.75. The number of rotatable bonds is 4. The predicted molar refractivity (Wildman–Crippen MR) is 83.5 cm³/mol. The third kappa shape index (κ3) is 4.03. The fraction of sp³-hybridized carbons (Fsp3) is 0.857. The van der Waals surface area contributed by atoms with Crippen LogP contribution in [0.15, 0.2) is 0 Å². The zero-order valence-electron chi connectivity index (χ0n) is 12.7. The van der Waals surface area contributed by atoms with Crippen molar-refractivity contribution in [2.24, 2.45) is 0 Å². The molecule has 0 spiro atoms. The molecule has 0 aromatic carbocycles. The Hall–Kier alpha value is -0.950. The van der Waals surface area contributed by atoms with Gasteiger partial charge in [-0.25, -0.2) is 9.59 Å². The monoisotopic (exact) mass is 315 g/mol. The fourth-order valence-corrected chi connectivity index (χ4v) is 4.12. The maximum Gasteiger partial charge on any atom is 0.327 e. The first-order chi connectivity index (χ1) is 10.0. The summed E-state index contributed by atoms with van der Waals surface area (Å²) in [6, 6.07) is -0.679. The molecular formula is C14H25N3O3S. The molecule has 2 aliphatic heterocycles. The second kappa shape index (κ2) is 7.35. The van der Waals surface area contributed by atoms with Crippen LogP contribution < -0.4 is 5.32 Å². The summed E-state index contributed by atoms with van der Waals surface area (Å²) in [6.45, 7) is 6.73. The molecule has 6 nitrogen and oxygen atoms in total. The molecule has 3 atom stereocenters. The number of nitrogens with zero attached hydrogens (tertiary/aromatic N) is 2. The summed E-state index contributed by atoms with van der Waals surface area (Å²) in [5.41, 5.74) is 0. The van der Waals surface area contributed by atoms with Gasteiger partial charge in [-0.05, 0) is 39.8 Å². The van der Waals surface area contributed by atoms with Crippen molar-refractivity contribution in [1.29, 1.82) is 0 Å². The Balaban J connectivity index is 1.84. The quantitative estimate of drug-likeness (QED) is 0.821. The molecule has 2 amide bonds. The normalized spacial score (nSPS) is 28.4. The van der Waals surface area contributed by atoms with E-state index in [-0.39, 0.29) is 11.4 Å². The van der Waals surface area contributed by atoms with Crippen LogP contribution in [-0.4, -0.2) is 69.8 Å². The molecule has 0 bridgehead atoms. The van der Waals surface area contributed by atoms with E-state index < -0.39 is 12.0 Å². The maximum absolute atomic E-state index is 12.3. The van der Waals surface area contributed by atoms with Crippen LogP contribution in [0, 0.1) is 0 Å². The fourth-order valence-electron chi connectivity index (χ4n) is 2.96. The third-order valence-corrected chi connectivity index (χ3v) is 5.52. The molecule has 0 aliphatic carbocycles. The molecule has 2 heterocycles. The molecule has 0 saturated carbocycles. The summed E-state index contributed by atoms with van der Waals surface area (Å²) in [5.74, 6) is -0.461. The number of carbonyl (C=O) groups is 2. The van der Waals surface area contributed by atoms with Gasteiger partial charge in [0.25, 0.3) is 0 Å². The van der Waals surface area contributed by atoms with Gasteiger partial charge >= 0.3 is 12.0 Å². The van der Waals surface area contributed by atoms with Crippen molar-refractivity contribution in [1.82, 2.24) is 15.1 Å². The Labute approximate surface area is 130 Å². The average Bonchev–Trinajstić information content (AvgIpc) is 2.87. The maximum atomic E-state index is 12.3. The van der Waals surface area contributed by atoms with E-state index in [1.54, 1.807) is 0 Å². The lowest BCUT2D eigenvalue weighted by Crippen LogP contribution is -2.52. The molecule has 3 unspecified atom stereocenters. The lowest BCUT2D eigenvalue weighted by Gasteiger charge is -2.33. The number of hydrogen-bond acceptors (Lipinski definition) is 4. The lowest BCUT2D eigenvalue weighted by molar-refractivity contribution is -0.141. The van der Waals surface area contributed by atoms with Gasteiger partial charge in [0.05, 0.1) is 5.37 Å². The van der Waals surface area contributed by atoms with Crippen LogP contribution in [0.5, 0.6) is 0 Å². The van der Waals surface area contributed by atoms with Gasteiger partial charge in [-0.2, -0.15) is 0 Å². The number of aliphatic carboxylic acids is 1. The Bertz CT molecular complexity index is 388. The number of hydrogen-bond donors (Lipinski definition) is 2. The van der Waals surface area contributed by atoms with E-state index >= 15 is 0 Å². The minimum absolute atomic E-state index is 0.0867. The molecule has 2 fully saturated rings.